The predicted octanol–water partition coefficient (Wildman–Crippen LogP) is 3.23. The predicted molar refractivity (Wildman–Crippen MR) is 75.9 cm³/mol. The van der Waals surface area contributed by atoms with Gasteiger partial charge < -0.3 is 11.1 Å². The topological polar surface area (TPSA) is 38.0 Å². The standard InChI is InChI=1S/C14H21BrN2/c1-10(12-6-2-3-7-13(12)15)17-14-8-4-5-11(14)9-16/h2-3,6-7,10-11,14,17H,4-5,8-9,16H2,1H3. The summed E-state index contributed by atoms with van der Waals surface area (Å²) in [7, 11) is 0. The lowest BCUT2D eigenvalue weighted by Crippen LogP contribution is -2.37. The lowest BCUT2D eigenvalue weighted by molar-refractivity contribution is 0.373. The zero-order valence-electron chi connectivity index (χ0n) is 10.3. The zero-order chi connectivity index (χ0) is 12.3. The molecule has 94 valence electrons. The van der Waals surface area contributed by atoms with E-state index >= 15 is 0 Å². The summed E-state index contributed by atoms with van der Waals surface area (Å²) in [6.07, 6.45) is 3.84. The van der Waals surface area contributed by atoms with E-state index in [2.05, 4.69) is 52.4 Å². The molecule has 1 aliphatic rings. The highest BCUT2D eigenvalue weighted by atomic mass is 79.9. The molecule has 0 amide bonds. The minimum Gasteiger partial charge on any atom is -0.330 e. The first-order valence-electron chi connectivity index (χ1n) is 6.43. The molecule has 3 atom stereocenters. The molecule has 0 saturated heterocycles. The van der Waals surface area contributed by atoms with E-state index < -0.39 is 0 Å². The van der Waals surface area contributed by atoms with E-state index in [0.717, 1.165) is 6.54 Å². The largest absolute Gasteiger partial charge is 0.330 e. The number of rotatable bonds is 4. The van der Waals surface area contributed by atoms with E-state index in [-0.39, 0.29) is 0 Å². The van der Waals surface area contributed by atoms with Crippen LogP contribution in [0, 0.1) is 5.92 Å². The minimum atomic E-state index is 0.378. The average Bonchev–Trinajstić information content (AvgIpc) is 2.76. The van der Waals surface area contributed by atoms with Gasteiger partial charge in [-0.1, -0.05) is 40.5 Å². The average molecular weight is 297 g/mol. The van der Waals surface area contributed by atoms with Gasteiger partial charge in [0.2, 0.25) is 0 Å². The summed E-state index contributed by atoms with van der Waals surface area (Å²) in [5, 5.41) is 3.73. The van der Waals surface area contributed by atoms with Crippen LogP contribution in [0.5, 0.6) is 0 Å². The summed E-state index contributed by atoms with van der Waals surface area (Å²) in [5.41, 5.74) is 7.15. The maximum Gasteiger partial charge on any atom is 0.0305 e. The van der Waals surface area contributed by atoms with Gasteiger partial charge in [-0.05, 0) is 43.9 Å². The Labute approximate surface area is 112 Å². The normalized spacial score (nSPS) is 26.1. The third-order valence-corrected chi connectivity index (χ3v) is 4.52. The first-order valence-corrected chi connectivity index (χ1v) is 7.22. The monoisotopic (exact) mass is 296 g/mol. The van der Waals surface area contributed by atoms with Crippen molar-refractivity contribution < 1.29 is 0 Å². The number of hydrogen-bond donors (Lipinski definition) is 2. The molecule has 0 heterocycles. The maximum absolute atomic E-state index is 5.82. The Bertz CT molecular complexity index is 367. The van der Waals surface area contributed by atoms with Gasteiger partial charge in [0.1, 0.15) is 0 Å². The highest BCUT2D eigenvalue weighted by molar-refractivity contribution is 9.10. The van der Waals surface area contributed by atoms with Crippen LogP contribution < -0.4 is 11.1 Å². The van der Waals surface area contributed by atoms with Crippen LogP contribution in [0.3, 0.4) is 0 Å². The minimum absolute atomic E-state index is 0.378. The van der Waals surface area contributed by atoms with Crippen LogP contribution in [0.1, 0.15) is 37.8 Å². The molecule has 0 radical (unpaired) electrons. The van der Waals surface area contributed by atoms with E-state index in [4.69, 9.17) is 5.73 Å². The molecular weight excluding hydrogens is 276 g/mol. The van der Waals surface area contributed by atoms with Crippen molar-refractivity contribution in [1.29, 1.82) is 0 Å². The molecule has 1 aromatic carbocycles. The zero-order valence-corrected chi connectivity index (χ0v) is 11.9. The smallest absolute Gasteiger partial charge is 0.0305 e. The van der Waals surface area contributed by atoms with Gasteiger partial charge in [-0.3, -0.25) is 0 Å². The van der Waals surface area contributed by atoms with E-state index in [9.17, 15) is 0 Å². The van der Waals surface area contributed by atoms with Crippen molar-refractivity contribution in [2.75, 3.05) is 6.54 Å². The quantitative estimate of drug-likeness (QED) is 0.895. The Morgan fingerprint density at radius 3 is 2.88 bits per heavy atom. The van der Waals surface area contributed by atoms with E-state index in [1.807, 2.05) is 0 Å². The van der Waals surface area contributed by atoms with Crippen LogP contribution in [0.2, 0.25) is 0 Å². The summed E-state index contributed by atoms with van der Waals surface area (Å²) in [6, 6.07) is 9.38. The first kappa shape index (κ1) is 13.1. The van der Waals surface area contributed by atoms with Crippen molar-refractivity contribution in [2.24, 2.45) is 11.7 Å². The van der Waals surface area contributed by atoms with Gasteiger partial charge in [0, 0.05) is 16.6 Å². The summed E-state index contributed by atoms with van der Waals surface area (Å²) >= 11 is 3.61. The number of benzene rings is 1. The fourth-order valence-corrected chi connectivity index (χ4v) is 3.40. The van der Waals surface area contributed by atoms with Crippen LogP contribution in [0.15, 0.2) is 28.7 Å². The Morgan fingerprint density at radius 1 is 1.41 bits per heavy atom. The van der Waals surface area contributed by atoms with Gasteiger partial charge in [0.05, 0.1) is 0 Å². The molecule has 2 rings (SSSR count). The van der Waals surface area contributed by atoms with Crippen molar-refractivity contribution in [1.82, 2.24) is 5.32 Å². The molecule has 0 spiro atoms. The van der Waals surface area contributed by atoms with Gasteiger partial charge in [-0.25, -0.2) is 0 Å². The second kappa shape index (κ2) is 5.98. The third-order valence-electron chi connectivity index (χ3n) is 3.80. The molecule has 3 unspecified atom stereocenters. The van der Waals surface area contributed by atoms with Gasteiger partial charge in [0.15, 0.2) is 0 Å². The second-order valence-corrected chi connectivity index (χ2v) is 5.80. The highest BCUT2D eigenvalue weighted by Crippen LogP contribution is 2.29. The first-order chi connectivity index (χ1) is 8.22. The Kier molecular flexibility index (Phi) is 4.60. The Balaban J connectivity index is 2.01. The summed E-state index contributed by atoms with van der Waals surface area (Å²) in [5.74, 6) is 0.653. The van der Waals surface area contributed by atoms with Crippen molar-refractivity contribution in [3.05, 3.63) is 34.3 Å². The van der Waals surface area contributed by atoms with Crippen LogP contribution in [-0.4, -0.2) is 12.6 Å². The van der Waals surface area contributed by atoms with Gasteiger partial charge in [-0.15, -0.1) is 0 Å². The lowest BCUT2D eigenvalue weighted by atomic mass is 10.0. The number of hydrogen-bond acceptors (Lipinski definition) is 2. The fourth-order valence-electron chi connectivity index (χ4n) is 2.78. The van der Waals surface area contributed by atoms with Gasteiger partial charge >= 0.3 is 0 Å². The molecule has 1 aliphatic carbocycles. The Morgan fingerprint density at radius 2 is 2.18 bits per heavy atom. The van der Waals surface area contributed by atoms with Gasteiger partial charge in [-0.2, -0.15) is 0 Å². The molecule has 3 heteroatoms. The van der Waals surface area contributed by atoms with E-state index in [1.54, 1.807) is 0 Å². The molecule has 1 fully saturated rings. The van der Waals surface area contributed by atoms with E-state index in [1.165, 1.54) is 29.3 Å². The molecule has 1 aromatic rings. The Hall–Kier alpha value is -0.380. The molecule has 0 aromatic heterocycles. The lowest BCUT2D eigenvalue weighted by Gasteiger charge is -2.25. The summed E-state index contributed by atoms with van der Waals surface area (Å²) in [4.78, 5) is 0. The maximum atomic E-state index is 5.82. The fraction of sp³-hybridized carbons (Fsp3) is 0.571. The molecule has 1 saturated carbocycles. The summed E-state index contributed by atoms with van der Waals surface area (Å²) < 4.78 is 1.18. The van der Waals surface area contributed by atoms with Crippen LogP contribution in [-0.2, 0) is 0 Å². The van der Waals surface area contributed by atoms with Crippen molar-refractivity contribution >= 4 is 15.9 Å². The third kappa shape index (κ3) is 3.09. The highest BCUT2D eigenvalue weighted by Gasteiger charge is 2.27. The molecule has 0 bridgehead atoms. The number of nitrogens with one attached hydrogen (secondary N) is 1. The number of nitrogens with two attached hydrogens (primary N) is 1. The van der Waals surface area contributed by atoms with E-state index in [0.29, 0.717) is 18.0 Å². The summed E-state index contributed by atoms with van der Waals surface area (Å²) in [6.45, 7) is 3.03. The van der Waals surface area contributed by atoms with Crippen molar-refractivity contribution in [3.8, 4) is 0 Å². The molecule has 2 nitrogen and oxygen atoms in total. The SMILES string of the molecule is CC(NC1CCCC1CN)c1ccccc1Br. The van der Waals surface area contributed by atoms with Crippen LogP contribution in [0.4, 0.5) is 0 Å². The molecule has 3 N–H and O–H groups in total. The molecule has 0 aliphatic heterocycles. The van der Waals surface area contributed by atoms with Crippen LogP contribution >= 0.6 is 15.9 Å². The van der Waals surface area contributed by atoms with Gasteiger partial charge in [0.25, 0.3) is 0 Å². The second-order valence-electron chi connectivity index (χ2n) is 4.94. The van der Waals surface area contributed by atoms with Crippen molar-refractivity contribution in [2.45, 2.75) is 38.3 Å². The van der Waals surface area contributed by atoms with Crippen LogP contribution in [0.25, 0.3) is 0 Å². The molecule has 17 heavy (non-hydrogen) atoms. The molecular formula is C14H21BrN2. The number of halogens is 1. The van der Waals surface area contributed by atoms with Crippen molar-refractivity contribution in [3.63, 3.8) is 0 Å².